The van der Waals surface area contributed by atoms with Gasteiger partial charge in [0.25, 0.3) is 0 Å². The molecule has 1 aromatic rings. The summed E-state index contributed by atoms with van der Waals surface area (Å²) < 4.78 is 5.56. The van der Waals surface area contributed by atoms with E-state index in [0.717, 1.165) is 19.5 Å². The smallest absolute Gasteiger partial charge is 0.184 e. The molecule has 0 amide bonds. The first kappa shape index (κ1) is 15.0. The second-order valence-electron chi connectivity index (χ2n) is 5.84. The molecule has 2 rings (SSSR count). The summed E-state index contributed by atoms with van der Waals surface area (Å²) in [6.45, 7) is 8.70. The molecule has 20 heavy (non-hydrogen) atoms. The van der Waals surface area contributed by atoms with Gasteiger partial charge >= 0.3 is 0 Å². The van der Waals surface area contributed by atoms with Gasteiger partial charge in [0.2, 0.25) is 0 Å². The van der Waals surface area contributed by atoms with Crippen molar-refractivity contribution in [1.29, 1.82) is 0 Å². The van der Waals surface area contributed by atoms with E-state index in [0.29, 0.717) is 17.9 Å². The highest BCUT2D eigenvalue weighted by Crippen LogP contribution is 2.26. The number of ketones is 1. The van der Waals surface area contributed by atoms with Crippen molar-refractivity contribution in [3.8, 4) is 5.75 Å². The zero-order valence-electron chi connectivity index (χ0n) is 12.7. The van der Waals surface area contributed by atoms with Gasteiger partial charge in [-0.15, -0.1) is 0 Å². The molecule has 0 unspecified atom stereocenters. The predicted molar refractivity (Wildman–Crippen MR) is 79.2 cm³/mol. The molecule has 2 heterocycles. The first-order valence-electron chi connectivity index (χ1n) is 7.43. The lowest BCUT2D eigenvalue weighted by molar-refractivity contribution is 0.0702. The van der Waals surface area contributed by atoms with Crippen molar-refractivity contribution in [3.63, 3.8) is 0 Å². The molecule has 1 saturated heterocycles. The molecule has 1 aromatic heterocycles. The Bertz CT molecular complexity index is 465. The second-order valence-corrected chi connectivity index (χ2v) is 5.84. The Morgan fingerprint density at radius 3 is 2.70 bits per heavy atom. The molecule has 4 nitrogen and oxygen atoms in total. The van der Waals surface area contributed by atoms with E-state index < -0.39 is 5.54 Å². The van der Waals surface area contributed by atoms with Crippen LogP contribution in [0.1, 0.15) is 50.4 Å². The van der Waals surface area contributed by atoms with Crippen LogP contribution < -0.4 is 4.74 Å². The van der Waals surface area contributed by atoms with Crippen molar-refractivity contribution in [3.05, 3.63) is 24.0 Å². The first-order valence-corrected chi connectivity index (χ1v) is 7.43. The molecule has 0 N–H and O–H groups in total. The van der Waals surface area contributed by atoms with Gasteiger partial charge in [-0.2, -0.15) is 0 Å². The molecular weight excluding hydrogens is 252 g/mol. The van der Waals surface area contributed by atoms with Crippen molar-refractivity contribution in [2.45, 2.75) is 45.6 Å². The Morgan fingerprint density at radius 2 is 2.05 bits per heavy atom. The van der Waals surface area contributed by atoms with Crippen molar-refractivity contribution in [2.24, 2.45) is 0 Å². The average molecular weight is 276 g/mol. The molecule has 1 aliphatic heterocycles. The number of Topliss-reactive ketones (excluding diaryl/α,β-unsaturated/α-hetero) is 1. The summed E-state index contributed by atoms with van der Waals surface area (Å²) in [5.41, 5.74) is 0.164. The van der Waals surface area contributed by atoms with Crippen molar-refractivity contribution in [1.82, 2.24) is 9.88 Å². The van der Waals surface area contributed by atoms with Gasteiger partial charge in [0, 0.05) is 11.8 Å². The van der Waals surface area contributed by atoms with Crippen molar-refractivity contribution in [2.75, 3.05) is 19.7 Å². The number of carbonyl (C=O) groups is 1. The number of pyridine rings is 1. The summed E-state index contributed by atoms with van der Waals surface area (Å²) >= 11 is 0. The molecule has 0 aliphatic carbocycles. The van der Waals surface area contributed by atoms with Crippen LogP contribution in [0.5, 0.6) is 5.75 Å². The summed E-state index contributed by atoms with van der Waals surface area (Å²) in [6.07, 6.45) is 6.59. The minimum atomic E-state index is -0.471. The second kappa shape index (κ2) is 6.35. The van der Waals surface area contributed by atoms with E-state index in [1.165, 1.54) is 12.8 Å². The average Bonchev–Trinajstić information content (AvgIpc) is 2.99. The number of hydrogen-bond acceptors (Lipinski definition) is 4. The summed E-state index contributed by atoms with van der Waals surface area (Å²) in [5.74, 6) is 0.795. The minimum Gasteiger partial charge on any atom is -0.492 e. The van der Waals surface area contributed by atoms with Crippen LogP contribution in [0.15, 0.2) is 18.5 Å². The normalized spacial score (nSPS) is 16.4. The van der Waals surface area contributed by atoms with E-state index in [1.54, 1.807) is 12.4 Å². The number of hydrogen-bond donors (Lipinski definition) is 0. The maximum atomic E-state index is 12.7. The number of carbonyl (C=O) groups excluding carboxylic acids is 1. The van der Waals surface area contributed by atoms with E-state index in [2.05, 4.69) is 16.8 Å². The number of aromatic nitrogens is 1. The maximum absolute atomic E-state index is 12.7. The topological polar surface area (TPSA) is 42.4 Å². The van der Waals surface area contributed by atoms with Gasteiger partial charge in [0.15, 0.2) is 5.78 Å². The summed E-state index contributed by atoms with van der Waals surface area (Å²) in [5, 5.41) is 0. The predicted octanol–water partition coefficient (Wildman–Crippen LogP) is 2.93. The lowest BCUT2D eigenvalue weighted by atomic mass is 9.92. The lowest BCUT2D eigenvalue weighted by Gasteiger charge is -2.33. The number of nitrogens with zero attached hydrogens (tertiary/aromatic N) is 2. The Kier molecular flexibility index (Phi) is 4.76. The van der Waals surface area contributed by atoms with Crippen LogP contribution in [-0.4, -0.2) is 40.9 Å². The highest BCUT2D eigenvalue weighted by molar-refractivity contribution is 6.02. The standard InChI is InChI=1S/C16H24N2O2/c1-4-9-20-14-10-13(11-17-12-14)15(19)16(2,3)18-7-5-6-8-18/h10-12H,4-9H2,1-3H3. The molecule has 0 atom stereocenters. The quantitative estimate of drug-likeness (QED) is 0.749. The molecule has 1 aliphatic rings. The van der Waals surface area contributed by atoms with E-state index in [-0.39, 0.29) is 5.78 Å². The molecule has 0 saturated carbocycles. The number of rotatable bonds is 6. The first-order chi connectivity index (χ1) is 9.55. The Balaban J connectivity index is 2.15. The van der Waals surface area contributed by atoms with Crippen LogP contribution >= 0.6 is 0 Å². The summed E-state index contributed by atoms with van der Waals surface area (Å²) in [7, 11) is 0. The van der Waals surface area contributed by atoms with Crippen LogP contribution in [0.25, 0.3) is 0 Å². The SMILES string of the molecule is CCCOc1cncc(C(=O)C(C)(C)N2CCCC2)c1. The van der Waals surface area contributed by atoms with Gasteiger partial charge < -0.3 is 4.74 Å². The van der Waals surface area contributed by atoms with Crippen LogP contribution in [0.3, 0.4) is 0 Å². The number of ether oxygens (including phenoxy) is 1. The molecule has 110 valence electrons. The third kappa shape index (κ3) is 3.18. The Hall–Kier alpha value is -1.42. The summed E-state index contributed by atoms with van der Waals surface area (Å²) in [6, 6.07) is 1.81. The minimum absolute atomic E-state index is 0.119. The molecule has 0 bridgehead atoms. The van der Waals surface area contributed by atoms with Gasteiger partial charge in [-0.05, 0) is 52.3 Å². The van der Waals surface area contributed by atoms with Gasteiger partial charge in [-0.1, -0.05) is 6.92 Å². The van der Waals surface area contributed by atoms with E-state index in [1.807, 2.05) is 19.9 Å². The number of likely N-dealkylation sites (tertiary alicyclic amines) is 1. The molecule has 4 heteroatoms. The monoisotopic (exact) mass is 276 g/mol. The fourth-order valence-electron chi connectivity index (χ4n) is 2.61. The Labute approximate surface area is 121 Å². The Morgan fingerprint density at radius 1 is 1.35 bits per heavy atom. The van der Waals surface area contributed by atoms with Crippen LogP contribution in [0, 0.1) is 0 Å². The highest BCUT2D eigenvalue weighted by Gasteiger charge is 2.36. The van der Waals surface area contributed by atoms with Crippen LogP contribution in [-0.2, 0) is 0 Å². The van der Waals surface area contributed by atoms with E-state index >= 15 is 0 Å². The lowest BCUT2D eigenvalue weighted by Crippen LogP contribution is -2.48. The fourth-order valence-corrected chi connectivity index (χ4v) is 2.61. The zero-order chi connectivity index (χ0) is 14.6. The third-order valence-electron chi connectivity index (χ3n) is 3.90. The molecule has 0 radical (unpaired) electrons. The van der Waals surface area contributed by atoms with Crippen molar-refractivity contribution < 1.29 is 9.53 Å². The van der Waals surface area contributed by atoms with Crippen molar-refractivity contribution >= 4 is 5.78 Å². The molecule has 0 spiro atoms. The fraction of sp³-hybridized carbons (Fsp3) is 0.625. The summed E-state index contributed by atoms with van der Waals surface area (Å²) in [4.78, 5) is 19.1. The van der Waals surface area contributed by atoms with Gasteiger partial charge in [-0.3, -0.25) is 14.7 Å². The highest BCUT2D eigenvalue weighted by atomic mass is 16.5. The van der Waals surface area contributed by atoms with Gasteiger partial charge in [-0.25, -0.2) is 0 Å². The molecule has 0 aromatic carbocycles. The molecule has 1 fully saturated rings. The zero-order valence-corrected chi connectivity index (χ0v) is 12.7. The van der Waals surface area contributed by atoms with Crippen LogP contribution in [0.4, 0.5) is 0 Å². The third-order valence-corrected chi connectivity index (χ3v) is 3.90. The molecular formula is C16H24N2O2. The van der Waals surface area contributed by atoms with E-state index in [9.17, 15) is 4.79 Å². The van der Waals surface area contributed by atoms with E-state index in [4.69, 9.17) is 4.74 Å². The maximum Gasteiger partial charge on any atom is 0.184 e. The van der Waals surface area contributed by atoms with Gasteiger partial charge in [0.1, 0.15) is 5.75 Å². The van der Waals surface area contributed by atoms with Gasteiger partial charge in [0.05, 0.1) is 18.3 Å². The largest absolute Gasteiger partial charge is 0.492 e. The van der Waals surface area contributed by atoms with Crippen LogP contribution in [0.2, 0.25) is 0 Å².